The fourth-order valence-corrected chi connectivity index (χ4v) is 2.81. The van der Waals surface area contributed by atoms with Gasteiger partial charge in [0.15, 0.2) is 17.5 Å². The molecule has 154 valence electrons. The van der Waals surface area contributed by atoms with Gasteiger partial charge in [0.1, 0.15) is 0 Å². The normalized spacial score (nSPS) is 10.8. The molecule has 0 unspecified atom stereocenters. The van der Waals surface area contributed by atoms with Crippen molar-refractivity contribution in [2.45, 2.75) is 13.5 Å². The predicted octanol–water partition coefficient (Wildman–Crippen LogP) is 4.09. The number of ether oxygens (including phenoxy) is 2. The number of aromatic nitrogens is 2. The highest BCUT2D eigenvalue weighted by Crippen LogP contribution is 2.30. The van der Waals surface area contributed by atoms with Crippen molar-refractivity contribution in [3.63, 3.8) is 0 Å². The molecule has 8 heteroatoms. The Balaban J connectivity index is 0.00000300. The Bertz CT molecular complexity index is 929. The van der Waals surface area contributed by atoms with Crippen LogP contribution >= 0.6 is 24.0 Å². The number of nitrogens with one attached hydrogen (secondary N) is 2. The maximum Gasteiger partial charge on any atom is 0.195 e. The first-order chi connectivity index (χ1) is 13.7. The molecule has 3 rings (SSSR count). The van der Waals surface area contributed by atoms with Crippen LogP contribution in [0.25, 0.3) is 5.69 Å². The van der Waals surface area contributed by atoms with Gasteiger partial charge in [0, 0.05) is 37.7 Å². The van der Waals surface area contributed by atoms with Crippen molar-refractivity contribution in [1.29, 1.82) is 0 Å². The zero-order chi connectivity index (χ0) is 19.8. The predicted molar refractivity (Wildman–Crippen MR) is 127 cm³/mol. The molecule has 0 spiro atoms. The number of hydrogen-bond acceptors (Lipinski definition) is 4. The second-order valence-electron chi connectivity index (χ2n) is 5.93. The van der Waals surface area contributed by atoms with E-state index in [0.717, 1.165) is 16.9 Å². The van der Waals surface area contributed by atoms with Gasteiger partial charge < -0.3 is 20.1 Å². The summed E-state index contributed by atoms with van der Waals surface area (Å²) in [6.07, 6.45) is 3.70. The molecule has 0 amide bonds. The lowest BCUT2D eigenvalue weighted by Gasteiger charge is -2.16. The summed E-state index contributed by atoms with van der Waals surface area (Å²) in [4.78, 5) is 4.30. The van der Waals surface area contributed by atoms with Gasteiger partial charge >= 0.3 is 0 Å². The van der Waals surface area contributed by atoms with E-state index in [1.165, 1.54) is 0 Å². The number of halogens is 1. The van der Waals surface area contributed by atoms with Gasteiger partial charge in [-0.15, -0.1) is 24.0 Å². The lowest BCUT2D eigenvalue weighted by Crippen LogP contribution is -2.30. The maximum absolute atomic E-state index is 5.56. The van der Waals surface area contributed by atoms with Gasteiger partial charge in [0.25, 0.3) is 0 Å². The summed E-state index contributed by atoms with van der Waals surface area (Å²) in [5, 5.41) is 10.9. The van der Waals surface area contributed by atoms with Gasteiger partial charge in [0.05, 0.1) is 19.4 Å². The fourth-order valence-electron chi connectivity index (χ4n) is 2.81. The van der Waals surface area contributed by atoms with E-state index in [2.05, 4.69) is 26.8 Å². The van der Waals surface area contributed by atoms with Crippen LogP contribution in [-0.2, 0) is 6.54 Å². The maximum atomic E-state index is 5.56. The molecule has 0 aliphatic heterocycles. The van der Waals surface area contributed by atoms with Crippen LogP contribution in [-0.4, -0.2) is 36.5 Å². The second kappa shape index (κ2) is 11.3. The molecule has 1 aromatic heterocycles. The Morgan fingerprint density at radius 3 is 2.66 bits per heavy atom. The second-order valence-corrected chi connectivity index (χ2v) is 5.93. The number of para-hydroxylation sites is 1. The van der Waals surface area contributed by atoms with E-state index in [1.54, 1.807) is 20.4 Å². The average Bonchev–Trinajstić information content (AvgIpc) is 3.27. The third-order valence-corrected chi connectivity index (χ3v) is 4.14. The number of anilines is 1. The average molecular weight is 507 g/mol. The Labute approximate surface area is 188 Å². The van der Waals surface area contributed by atoms with Crippen molar-refractivity contribution < 1.29 is 9.47 Å². The topological polar surface area (TPSA) is 72.7 Å². The first kappa shape index (κ1) is 22.5. The highest BCUT2D eigenvalue weighted by atomic mass is 127. The van der Waals surface area contributed by atoms with Gasteiger partial charge in [-0.2, -0.15) is 5.10 Å². The number of nitrogens with zero attached hydrogens (tertiary/aromatic N) is 3. The summed E-state index contributed by atoms with van der Waals surface area (Å²) < 4.78 is 12.8. The van der Waals surface area contributed by atoms with Crippen LogP contribution in [0, 0.1) is 0 Å². The number of aliphatic imine (C=N–C) groups is 1. The molecule has 0 saturated carbocycles. The van der Waals surface area contributed by atoms with Crippen molar-refractivity contribution in [1.82, 2.24) is 15.1 Å². The number of guanidine groups is 1. The summed E-state index contributed by atoms with van der Waals surface area (Å²) >= 11 is 0. The van der Waals surface area contributed by atoms with Crippen LogP contribution in [0.15, 0.2) is 65.9 Å². The molecule has 0 radical (unpaired) electrons. The smallest absolute Gasteiger partial charge is 0.195 e. The molecule has 3 aromatic rings. The highest BCUT2D eigenvalue weighted by molar-refractivity contribution is 14.0. The number of benzene rings is 2. The molecule has 29 heavy (non-hydrogen) atoms. The highest BCUT2D eigenvalue weighted by Gasteiger charge is 2.08. The SMILES string of the molecule is CCOc1ccc(NC(=NC)NCc2ccccc2-n2cccn2)cc1OC.I. The molecule has 0 aliphatic carbocycles. The zero-order valence-corrected chi connectivity index (χ0v) is 19.1. The molecule has 0 aliphatic rings. The van der Waals surface area contributed by atoms with Crippen LogP contribution in [0.2, 0.25) is 0 Å². The molecular formula is C21H26IN5O2. The summed E-state index contributed by atoms with van der Waals surface area (Å²) in [6, 6.07) is 15.7. The molecule has 0 bridgehead atoms. The molecule has 0 atom stereocenters. The number of hydrogen-bond donors (Lipinski definition) is 2. The van der Waals surface area contributed by atoms with E-state index in [0.29, 0.717) is 30.6 Å². The first-order valence-corrected chi connectivity index (χ1v) is 9.11. The number of rotatable bonds is 7. The lowest BCUT2D eigenvalue weighted by molar-refractivity contribution is 0.311. The lowest BCUT2D eigenvalue weighted by atomic mass is 10.2. The van der Waals surface area contributed by atoms with E-state index >= 15 is 0 Å². The Morgan fingerprint density at radius 1 is 1.14 bits per heavy atom. The van der Waals surface area contributed by atoms with Gasteiger partial charge in [-0.05, 0) is 36.8 Å². The van der Waals surface area contributed by atoms with Crippen molar-refractivity contribution in [2.24, 2.45) is 4.99 Å². The summed E-state index contributed by atoms with van der Waals surface area (Å²) in [5.74, 6) is 2.04. The van der Waals surface area contributed by atoms with Crippen molar-refractivity contribution in [3.05, 3.63) is 66.5 Å². The largest absolute Gasteiger partial charge is 0.493 e. The molecule has 2 aromatic carbocycles. The van der Waals surface area contributed by atoms with Crippen LogP contribution in [0.3, 0.4) is 0 Å². The van der Waals surface area contributed by atoms with Gasteiger partial charge in [-0.25, -0.2) is 4.68 Å². The fraction of sp³-hybridized carbons (Fsp3) is 0.238. The standard InChI is InChI=1S/C21H25N5O2.HI/c1-4-28-19-11-10-17(14-20(19)27-3)25-21(22-2)23-15-16-8-5-6-9-18(16)26-13-7-12-24-26;/h5-14H,4,15H2,1-3H3,(H2,22,23,25);1H. The third kappa shape index (κ3) is 5.86. The Kier molecular flexibility index (Phi) is 8.78. The van der Waals surface area contributed by atoms with E-state index in [1.807, 2.05) is 60.3 Å². The van der Waals surface area contributed by atoms with E-state index < -0.39 is 0 Å². The van der Waals surface area contributed by atoms with E-state index in [9.17, 15) is 0 Å². The minimum absolute atomic E-state index is 0. The third-order valence-electron chi connectivity index (χ3n) is 4.14. The Morgan fingerprint density at radius 2 is 1.97 bits per heavy atom. The molecule has 0 fully saturated rings. The van der Waals surface area contributed by atoms with Crippen molar-refractivity contribution in [2.75, 3.05) is 26.1 Å². The zero-order valence-electron chi connectivity index (χ0n) is 16.8. The minimum atomic E-state index is 0. The quantitative estimate of drug-likeness (QED) is 0.287. The molecule has 7 nitrogen and oxygen atoms in total. The van der Waals surface area contributed by atoms with Gasteiger partial charge in [-0.1, -0.05) is 18.2 Å². The van der Waals surface area contributed by atoms with E-state index in [-0.39, 0.29) is 24.0 Å². The molecular weight excluding hydrogens is 481 g/mol. The van der Waals surface area contributed by atoms with Crippen LogP contribution < -0.4 is 20.1 Å². The van der Waals surface area contributed by atoms with Crippen LogP contribution in [0.4, 0.5) is 5.69 Å². The first-order valence-electron chi connectivity index (χ1n) is 9.11. The summed E-state index contributed by atoms with van der Waals surface area (Å²) in [5.41, 5.74) is 2.99. The number of methoxy groups -OCH3 is 1. The van der Waals surface area contributed by atoms with Crippen molar-refractivity contribution in [3.8, 4) is 17.2 Å². The van der Waals surface area contributed by atoms with Crippen LogP contribution in [0.5, 0.6) is 11.5 Å². The minimum Gasteiger partial charge on any atom is -0.493 e. The van der Waals surface area contributed by atoms with Crippen LogP contribution in [0.1, 0.15) is 12.5 Å². The van der Waals surface area contributed by atoms with E-state index in [4.69, 9.17) is 9.47 Å². The van der Waals surface area contributed by atoms with Gasteiger partial charge in [-0.3, -0.25) is 4.99 Å². The van der Waals surface area contributed by atoms with Crippen molar-refractivity contribution >= 4 is 35.6 Å². The van der Waals surface area contributed by atoms with Gasteiger partial charge in [0.2, 0.25) is 0 Å². The molecule has 1 heterocycles. The molecule has 0 saturated heterocycles. The monoisotopic (exact) mass is 507 g/mol. The Hall–Kier alpha value is -2.75. The summed E-state index contributed by atoms with van der Waals surface area (Å²) in [6.45, 7) is 3.13. The summed E-state index contributed by atoms with van der Waals surface area (Å²) in [7, 11) is 3.36. The molecule has 2 N–H and O–H groups in total.